The lowest BCUT2D eigenvalue weighted by molar-refractivity contribution is -0.124. The summed E-state index contributed by atoms with van der Waals surface area (Å²) in [6, 6.07) is -0.201. The van der Waals surface area contributed by atoms with E-state index >= 15 is 0 Å². The smallest absolute Gasteiger partial charge is 0.339 e. The topological polar surface area (TPSA) is 135 Å². The summed E-state index contributed by atoms with van der Waals surface area (Å²) in [5.41, 5.74) is 5.07. The molecule has 0 aliphatic rings. The number of hydrogen-bond donors (Lipinski definition) is 4. The van der Waals surface area contributed by atoms with Crippen molar-refractivity contribution < 1.29 is 23.9 Å². The largest absolute Gasteiger partial charge is 0.478 e. The summed E-state index contributed by atoms with van der Waals surface area (Å²) in [5, 5.41) is 13.8. The highest BCUT2D eigenvalue weighted by molar-refractivity contribution is 5.89. The Balaban J connectivity index is 2.68. The number of aryl methyl sites for hydroxylation is 1. The zero-order valence-corrected chi connectivity index (χ0v) is 12.1. The molecule has 1 aromatic heterocycles. The summed E-state index contributed by atoms with van der Waals surface area (Å²) in [6.45, 7) is 5.08. The highest BCUT2D eigenvalue weighted by Gasteiger charge is 2.23. The molecule has 116 valence electrons. The van der Waals surface area contributed by atoms with E-state index in [1.807, 2.05) is 0 Å². The second kappa shape index (κ2) is 6.78. The fourth-order valence-corrected chi connectivity index (χ4v) is 1.82. The van der Waals surface area contributed by atoms with Crippen molar-refractivity contribution in [1.82, 2.24) is 10.6 Å². The Morgan fingerprint density at radius 3 is 2.43 bits per heavy atom. The van der Waals surface area contributed by atoms with Crippen LogP contribution in [0.2, 0.25) is 0 Å². The Bertz CT molecular complexity index is 550. The summed E-state index contributed by atoms with van der Waals surface area (Å²) < 4.78 is 5.24. The van der Waals surface area contributed by atoms with Crippen LogP contribution in [0.25, 0.3) is 0 Å². The fraction of sp³-hybridized carbons (Fsp3) is 0.462. The predicted molar refractivity (Wildman–Crippen MR) is 73.6 cm³/mol. The number of hydrogen-bond acceptors (Lipinski definition) is 4. The molecule has 8 heteroatoms. The van der Waals surface area contributed by atoms with E-state index in [1.165, 1.54) is 13.0 Å². The summed E-state index contributed by atoms with van der Waals surface area (Å²) in [4.78, 5) is 33.7. The quantitative estimate of drug-likeness (QED) is 0.609. The van der Waals surface area contributed by atoms with Gasteiger partial charge in [-0.15, -0.1) is 0 Å². The third-order valence-corrected chi connectivity index (χ3v) is 2.88. The van der Waals surface area contributed by atoms with Crippen LogP contribution in [0.5, 0.6) is 0 Å². The predicted octanol–water partition coefficient (Wildman–Crippen LogP) is 0.595. The third-order valence-electron chi connectivity index (χ3n) is 2.88. The lowest BCUT2D eigenvalue weighted by Gasteiger charge is -2.20. The van der Waals surface area contributed by atoms with Gasteiger partial charge in [-0.1, -0.05) is 13.8 Å². The van der Waals surface area contributed by atoms with Crippen LogP contribution in [0.15, 0.2) is 10.5 Å². The maximum absolute atomic E-state index is 12.0. The zero-order chi connectivity index (χ0) is 16.2. The van der Waals surface area contributed by atoms with Gasteiger partial charge in [-0.05, 0) is 18.9 Å². The first kappa shape index (κ1) is 16.5. The van der Waals surface area contributed by atoms with Crippen LogP contribution in [-0.2, 0) is 11.3 Å². The van der Waals surface area contributed by atoms with Gasteiger partial charge in [0.1, 0.15) is 23.1 Å². The number of carboxylic acids is 1. The Morgan fingerprint density at radius 2 is 2.00 bits per heavy atom. The van der Waals surface area contributed by atoms with E-state index in [0.717, 1.165) is 0 Å². The molecule has 0 aliphatic carbocycles. The van der Waals surface area contributed by atoms with Gasteiger partial charge in [0.2, 0.25) is 5.91 Å². The van der Waals surface area contributed by atoms with Gasteiger partial charge >= 0.3 is 12.0 Å². The summed E-state index contributed by atoms with van der Waals surface area (Å²) in [5.74, 6) is -1.08. The molecule has 1 heterocycles. The Kier molecular flexibility index (Phi) is 5.34. The standard InChI is InChI=1S/C13H19N3O5/c1-6(2)10(16-13(14)20)11(17)15-5-8-4-9(12(18)19)7(3)21-8/h4,6,10H,5H2,1-3H3,(H,15,17)(H,18,19)(H3,14,16,20). The molecule has 1 aromatic rings. The van der Waals surface area contributed by atoms with Crippen LogP contribution in [0, 0.1) is 12.8 Å². The maximum atomic E-state index is 12.0. The number of rotatable bonds is 6. The molecule has 8 nitrogen and oxygen atoms in total. The average molecular weight is 297 g/mol. The fourth-order valence-electron chi connectivity index (χ4n) is 1.82. The van der Waals surface area contributed by atoms with Crippen molar-refractivity contribution in [2.75, 3.05) is 0 Å². The summed E-state index contributed by atoms with van der Waals surface area (Å²) in [6.07, 6.45) is 0. The van der Waals surface area contributed by atoms with Gasteiger partial charge in [-0.3, -0.25) is 4.79 Å². The second-order valence-corrected chi connectivity index (χ2v) is 4.94. The molecule has 0 fully saturated rings. The van der Waals surface area contributed by atoms with Crippen molar-refractivity contribution in [3.05, 3.63) is 23.2 Å². The number of urea groups is 1. The van der Waals surface area contributed by atoms with Gasteiger partial charge < -0.3 is 25.9 Å². The number of amides is 3. The lowest BCUT2D eigenvalue weighted by atomic mass is 10.0. The van der Waals surface area contributed by atoms with E-state index in [-0.39, 0.29) is 23.8 Å². The van der Waals surface area contributed by atoms with Gasteiger partial charge in [0, 0.05) is 0 Å². The number of aromatic carboxylic acids is 1. The van der Waals surface area contributed by atoms with Crippen molar-refractivity contribution >= 4 is 17.9 Å². The molecule has 21 heavy (non-hydrogen) atoms. The molecule has 0 aromatic carbocycles. The molecule has 1 atom stereocenters. The molecule has 0 bridgehead atoms. The maximum Gasteiger partial charge on any atom is 0.339 e. The van der Waals surface area contributed by atoms with Crippen LogP contribution < -0.4 is 16.4 Å². The molecule has 0 saturated carbocycles. The SMILES string of the molecule is Cc1oc(CNC(=O)C(NC(N)=O)C(C)C)cc1C(=O)O. The molecule has 0 radical (unpaired) electrons. The molecule has 0 spiro atoms. The van der Waals surface area contributed by atoms with Gasteiger partial charge in [-0.2, -0.15) is 0 Å². The van der Waals surface area contributed by atoms with Gasteiger partial charge in [0.05, 0.1) is 6.54 Å². The van der Waals surface area contributed by atoms with Crippen LogP contribution in [0.4, 0.5) is 4.79 Å². The number of carbonyl (C=O) groups is 3. The number of primary amides is 1. The average Bonchev–Trinajstić information content (AvgIpc) is 2.74. The van der Waals surface area contributed by atoms with Crippen LogP contribution in [0.3, 0.4) is 0 Å². The zero-order valence-electron chi connectivity index (χ0n) is 12.1. The van der Waals surface area contributed by atoms with E-state index in [4.69, 9.17) is 15.3 Å². The highest BCUT2D eigenvalue weighted by Crippen LogP contribution is 2.14. The summed E-state index contributed by atoms with van der Waals surface area (Å²) >= 11 is 0. The van der Waals surface area contributed by atoms with Gasteiger partial charge in [0.25, 0.3) is 0 Å². The molecule has 1 unspecified atom stereocenters. The van der Waals surface area contributed by atoms with Crippen LogP contribution >= 0.6 is 0 Å². The lowest BCUT2D eigenvalue weighted by Crippen LogP contribution is -2.51. The Hall–Kier alpha value is -2.51. The number of furan rings is 1. The molecule has 0 aliphatic heterocycles. The second-order valence-electron chi connectivity index (χ2n) is 4.94. The molecule has 0 saturated heterocycles. The Morgan fingerprint density at radius 1 is 1.38 bits per heavy atom. The van der Waals surface area contributed by atoms with Crippen molar-refractivity contribution in [2.45, 2.75) is 33.4 Å². The minimum absolute atomic E-state index is 0.0244. The van der Waals surface area contributed by atoms with E-state index in [9.17, 15) is 14.4 Å². The molecule has 5 N–H and O–H groups in total. The van der Waals surface area contributed by atoms with Gasteiger partial charge in [0.15, 0.2) is 0 Å². The third kappa shape index (κ3) is 4.51. The number of nitrogens with two attached hydrogens (primary N) is 1. The van der Waals surface area contributed by atoms with Crippen LogP contribution in [0.1, 0.15) is 35.7 Å². The summed E-state index contributed by atoms with van der Waals surface area (Å²) in [7, 11) is 0. The minimum Gasteiger partial charge on any atom is -0.478 e. The first-order valence-corrected chi connectivity index (χ1v) is 6.38. The van der Waals surface area contributed by atoms with E-state index in [1.54, 1.807) is 13.8 Å². The number of nitrogens with one attached hydrogen (secondary N) is 2. The monoisotopic (exact) mass is 297 g/mol. The van der Waals surface area contributed by atoms with E-state index < -0.39 is 23.9 Å². The first-order chi connectivity index (χ1) is 9.72. The van der Waals surface area contributed by atoms with Crippen molar-refractivity contribution in [1.29, 1.82) is 0 Å². The van der Waals surface area contributed by atoms with Crippen LogP contribution in [-0.4, -0.2) is 29.1 Å². The molecular weight excluding hydrogens is 278 g/mol. The minimum atomic E-state index is -1.09. The number of carboxylic acid groups (broad SMARTS) is 1. The molecule has 1 rings (SSSR count). The normalized spacial score (nSPS) is 12.0. The molecular formula is C13H19N3O5. The van der Waals surface area contributed by atoms with E-state index in [2.05, 4.69) is 10.6 Å². The Labute approximate surface area is 121 Å². The highest BCUT2D eigenvalue weighted by atomic mass is 16.4. The van der Waals surface area contributed by atoms with Crippen molar-refractivity contribution in [3.63, 3.8) is 0 Å². The van der Waals surface area contributed by atoms with Gasteiger partial charge in [-0.25, -0.2) is 9.59 Å². The van der Waals surface area contributed by atoms with Crippen molar-refractivity contribution in [3.8, 4) is 0 Å². The number of carbonyl (C=O) groups excluding carboxylic acids is 2. The first-order valence-electron chi connectivity index (χ1n) is 6.38. The van der Waals surface area contributed by atoms with Crippen molar-refractivity contribution in [2.24, 2.45) is 11.7 Å². The molecule has 3 amide bonds. The van der Waals surface area contributed by atoms with E-state index in [0.29, 0.717) is 5.76 Å².